The highest BCUT2D eigenvalue weighted by Gasteiger charge is 2.27. The number of carbonyl (C=O) groups is 1. The molecule has 0 aliphatic carbocycles. The van der Waals surface area contributed by atoms with Crippen molar-refractivity contribution < 1.29 is 9.21 Å². The number of nitrogens with zero attached hydrogens (tertiary/aromatic N) is 4. The summed E-state index contributed by atoms with van der Waals surface area (Å²) in [6.07, 6.45) is 3.85. The summed E-state index contributed by atoms with van der Waals surface area (Å²) in [6, 6.07) is 3.84. The van der Waals surface area contributed by atoms with E-state index < -0.39 is 0 Å². The van der Waals surface area contributed by atoms with Crippen molar-refractivity contribution in [2.24, 2.45) is 11.8 Å². The number of thioether (sulfide) groups is 1. The van der Waals surface area contributed by atoms with Crippen molar-refractivity contribution in [2.75, 3.05) is 30.3 Å². The Hall–Kier alpha value is -1.96. The molecule has 8 heteroatoms. The molecule has 2 atom stereocenters. The molecule has 0 radical (unpaired) electrons. The van der Waals surface area contributed by atoms with Crippen molar-refractivity contribution in [1.29, 1.82) is 0 Å². The summed E-state index contributed by atoms with van der Waals surface area (Å²) in [5.74, 6) is 3.32. The van der Waals surface area contributed by atoms with Crippen molar-refractivity contribution in [1.82, 2.24) is 20.1 Å². The Labute approximate surface area is 164 Å². The molecule has 1 amide bonds. The van der Waals surface area contributed by atoms with Gasteiger partial charge < -0.3 is 14.6 Å². The summed E-state index contributed by atoms with van der Waals surface area (Å²) in [5.41, 5.74) is 0. The largest absolute Gasteiger partial charge is 0.467 e. The third-order valence-electron chi connectivity index (χ3n) is 4.65. The first-order valence-electron chi connectivity index (χ1n) is 9.66. The van der Waals surface area contributed by atoms with E-state index in [0.29, 0.717) is 30.7 Å². The average Bonchev–Trinajstić information content (AvgIpc) is 3.28. The number of hydrogen-bond donors (Lipinski definition) is 1. The summed E-state index contributed by atoms with van der Waals surface area (Å²) in [5, 5.41) is 12.5. The number of aromatic nitrogens is 3. The van der Waals surface area contributed by atoms with E-state index in [1.165, 1.54) is 18.2 Å². The molecule has 148 valence electrons. The number of furan rings is 1. The van der Waals surface area contributed by atoms with Crippen LogP contribution in [0.2, 0.25) is 0 Å². The van der Waals surface area contributed by atoms with Crippen LogP contribution in [0.3, 0.4) is 0 Å². The molecule has 0 aromatic carbocycles. The maximum atomic E-state index is 12.0. The molecular formula is C19H29N5O2S. The van der Waals surface area contributed by atoms with Crippen molar-refractivity contribution >= 4 is 23.6 Å². The van der Waals surface area contributed by atoms with Gasteiger partial charge in [0.15, 0.2) is 5.16 Å². The monoisotopic (exact) mass is 391 g/mol. The minimum Gasteiger partial charge on any atom is -0.467 e. The molecule has 0 bridgehead atoms. The lowest BCUT2D eigenvalue weighted by molar-refractivity contribution is -0.118. The molecule has 3 rings (SSSR count). The van der Waals surface area contributed by atoms with Gasteiger partial charge in [-0.05, 0) is 36.8 Å². The van der Waals surface area contributed by atoms with Gasteiger partial charge in [-0.3, -0.25) is 9.36 Å². The molecule has 2 aromatic heterocycles. The summed E-state index contributed by atoms with van der Waals surface area (Å²) >= 11 is 1.42. The zero-order chi connectivity index (χ0) is 19.2. The van der Waals surface area contributed by atoms with Crippen LogP contribution in [0.1, 0.15) is 39.4 Å². The summed E-state index contributed by atoms with van der Waals surface area (Å²) in [4.78, 5) is 14.3. The maximum Gasteiger partial charge on any atom is 0.230 e. The Kier molecular flexibility index (Phi) is 6.82. The van der Waals surface area contributed by atoms with E-state index >= 15 is 0 Å². The summed E-state index contributed by atoms with van der Waals surface area (Å²) < 4.78 is 7.61. The predicted molar refractivity (Wildman–Crippen MR) is 107 cm³/mol. The number of nitrogens with one attached hydrogen (secondary N) is 1. The molecule has 1 N–H and O–H groups in total. The first-order valence-corrected chi connectivity index (χ1v) is 10.6. The molecule has 3 heterocycles. The van der Waals surface area contributed by atoms with Gasteiger partial charge in [-0.15, -0.1) is 10.2 Å². The molecule has 7 nitrogen and oxygen atoms in total. The zero-order valence-corrected chi connectivity index (χ0v) is 17.2. The van der Waals surface area contributed by atoms with Crippen LogP contribution >= 0.6 is 11.8 Å². The van der Waals surface area contributed by atoms with Crippen LogP contribution in [0.15, 0.2) is 28.0 Å². The number of amides is 1. The Morgan fingerprint density at radius 3 is 2.78 bits per heavy atom. The van der Waals surface area contributed by atoms with Gasteiger partial charge in [0.05, 0.1) is 18.6 Å². The van der Waals surface area contributed by atoms with E-state index in [9.17, 15) is 4.79 Å². The van der Waals surface area contributed by atoms with E-state index in [1.54, 1.807) is 6.26 Å². The lowest BCUT2D eigenvalue weighted by atomic mass is 9.92. The lowest BCUT2D eigenvalue weighted by Crippen LogP contribution is -2.40. The molecule has 2 aromatic rings. The van der Waals surface area contributed by atoms with Gasteiger partial charge in [0.1, 0.15) is 5.76 Å². The molecule has 27 heavy (non-hydrogen) atoms. The third kappa shape index (κ3) is 5.28. The fourth-order valence-corrected chi connectivity index (χ4v) is 4.35. The van der Waals surface area contributed by atoms with Crippen molar-refractivity contribution in [3.8, 4) is 0 Å². The van der Waals surface area contributed by atoms with Crippen LogP contribution in [0, 0.1) is 11.8 Å². The predicted octanol–water partition coefficient (Wildman–Crippen LogP) is 3.02. The highest BCUT2D eigenvalue weighted by atomic mass is 32.2. The van der Waals surface area contributed by atoms with Gasteiger partial charge in [-0.2, -0.15) is 0 Å². The molecule has 1 aliphatic rings. The van der Waals surface area contributed by atoms with Crippen LogP contribution in [0.4, 0.5) is 5.95 Å². The SMILES string of the molecule is CCCNC(=O)CSc1nnc(N2CC(C)CC(C)C2)n1Cc1ccco1. The smallest absolute Gasteiger partial charge is 0.230 e. The van der Waals surface area contributed by atoms with E-state index in [2.05, 4.69) is 38.8 Å². The third-order valence-corrected chi connectivity index (χ3v) is 5.61. The average molecular weight is 392 g/mol. The molecule has 0 spiro atoms. The number of piperidine rings is 1. The van der Waals surface area contributed by atoms with Crippen molar-refractivity contribution in [3.05, 3.63) is 24.2 Å². The highest BCUT2D eigenvalue weighted by molar-refractivity contribution is 7.99. The van der Waals surface area contributed by atoms with Crippen LogP contribution in [0.25, 0.3) is 0 Å². The topological polar surface area (TPSA) is 76.2 Å². The number of carbonyl (C=O) groups excluding carboxylic acids is 1. The van der Waals surface area contributed by atoms with Crippen LogP contribution in [0.5, 0.6) is 0 Å². The van der Waals surface area contributed by atoms with E-state index in [4.69, 9.17) is 4.42 Å². The minimum atomic E-state index is 0.0242. The van der Waals surface area contributed by atoms with Crippen molar-refractivity contribution in [3.63, 3.8) is 0 Å². The molecule has 0 saturated carbocycles. The molecule has 1 fully saturated rings. The maximum absolute atomic E-state index is 12.0. The highest BCUT2D eigenvalue weighted by Crippen LogP contribution is 2.28. The second kappa shape index (κ2) is 9.30. The molecule has 2 unspecified atom stereocenters. The van der Waals surface area contributed by atoms with Crippen LogP contribution in [-0.4, -0.2) is 46.1 Å². The van der Waals surface area contributed by atoms with Crippen LogP contribution < -0.4 is 10.2 Å². The Bertz CT molecular complexity index is 721. The Morgan fingerprint density at radius 1 is 1.33 bits per heavy atom. The number of hydrogen-bond acceptors (Lipinski definition) is 6. The van der Waals surface area contributed by atoms with E-state index in [0.717, 1.165) is 36.4 Å². The first-order chi connectivity index (χ1) is 13.1. The number of anilines is 1. The summed E-state index contributed by atoms with van der Waals surface area (Å²) in [7, 11) is 0. The quantitative estimate of drug-likeness (QED) is 0.697. The van der Waals surface area contributed by atoms with Gasteiger partial charge >= 0.3 is 0 Å². The second-order valence-electron chi connectivity index (χ2n) is 7.44. The minimum absolute atomic E-state index is 0.0242. The summed E-state index contributed by atoms with van der Waals surface area (Å²) in [6.45, 7) is 9.82. The fourth-order valence-electron chi connectivity index (χ4n) is 3.59. The Balaban J connectivity index is 1.78. The standard InChI is InChI=1S/C19H29N5O2S/c1-4-7-20-17(25)13-27-19-22-21-18(23-10-14(2)9-15(3)11-23)24(19)12-16-6-5-8-26-16/h5-6,8,14-15H,4,7,9-13H2,1-3H3,(H,20,25). The van der Waals surface area contributed by atoms with Gasteiger partial charge in [0.25, 0.3) is 0 Å². The van der Waals surface area contributed by atoms with Crippen molar-refractivity contribution in [2.45, 2.75) is 45.3 Å². The van der Waals surface area contributed by atoms with E-state index in [-0.39, 0.29) is 5.91 Å². The lowest BCUT2D eigenvalue weighted by Gasteiger charge is -2.35. The van der Waals surface area contributed by atoms with Gasteiger partial charge in [0.2, 0.25) is 11.9 Å². The normalized spacial score (nSPS) is 20.0. The molecule has 1 saturated heterocycles. The molecule has 1 aliphatic heterocycles. The fraction of sp³-hybridized carbons (Fsp3) is 0.632. The van der Waals surface area contributed by atoms with Gasteiger partial charge in [-0.1, -0.05) is 32.5 Å². The number of rotatable bonds is 8. The first kappa shape index (κ1) is 19.8. The molecular weight excluding hydrogens is 362 g/mol. The zero-order valence-electron chi connectivity index (χ0n) is 16.4. The van der Waals surface area contributed by atoms with Gasteiger partial charge in [-0.25, -0.2) is 0 Å². The van der Waals surface area contributed by atoms with E-state index in [1.807, 2.05) is 19.1 Å². The van der Waals surface area contributed by atoms with Crippen LogP contribution in [-0.2, 0) is 11.3 Å². The van der Waals surface area contributed by atoms with Gasteiger partial charge in [0, 0.05) is 19.6 Å². The second-order valence-corrected chi connectivity index (χ2v) is 8.38. The Morgan fingerprint density at radius 2 is 2.11 bits per heavy atom.